The highest BCUT2D eigenvalue weighted by Gasteiger charge is 2.64. The lowest BCUT2D eigenvalue weighted by atomic mass is 9.44. The van der Waals surface area contributed by atoms with E-state index in [1.54, 1.807) is 6.92 Å². The van der Waals surface area contributed by atoms with Gasteiger partial charge in [0.25, 0.3) is 0 Å². The standard InChI is InChI=1S/C26H42O9/c1-5-24(2)7-6-14-13(9-24)8-15(28)21-25(14,3)10-16(29)22(33)26(21,4)12-34-23-20(32)19(31)18(30)17(11-27)35-23/h5,8,14-23,27-33H,1,6-7,9-12H2,2-4H3/t14?,15-,16-,17-,18-,19-,20+,21?,22+,23-,24+,25-,26-/m1/s1. The summed E-state index contributed by atoms with van der Waals surface area (Å²) in [6.45, 7) is 9.21. The minimum Gasteiger partial charge on any atom is -0.394 e. The second kappa shape index (κ2) is 9.45. The van der Waals surface area contributed by atoms with Crippen LogP contribution in [0.5, 0.6) is 0 Å². The monoisotopic (exact) mass is 498 g/mol. The van der Waals surface area contributed by atoms with Crippen LogP contribution in [0.15, 0.2) is 24.3 Å². The second-order valence-electron chi connectivity index (χ2n) is 12.1. The number of hydrogen-bond acceptors (Lipinski definition) is 9. The number of aliphatic hydroxyl groups is 7. The number of hydrogen-bond donors (Lipinski definition) is 7. The van der Waals surface area contributed by atoms with Crippen LogP contribution < -0.4 is 0 Å². The van der Waals surface area contributed by atoms with Crippen molar-refractivity contribution in [3.63, 3.8) is 0 Å². The van der Waals surface area contributed by atoms with Crippen molar-refractivity contribution in [2.45, 2.75) is 95.5 Å². The molecular formula is C26H42O9. The molecule has 3 aliphatic carbocycles. The molecule has 7 N–H and O–H groups in total. The van der Waals surface area contributed by atoms with Crippen LogP contribution in [0.4, 0.5) is 0 Å². The molecule has 2 saturated carbocycles. The third-order valence-electron chi connectivity index (χ3n) is 9.59. The van der Waals surface area contributed by atoms with Crippen LogP contribution in [-0.4, -0.2) is 98.0 Å². The maximum Gasteiger partial charge on any atom is 0.186 e. The molecule has 0 aromatic rings. The van der Waals surface area contributed by atoms with E-state index in [0.717, 1.165) is 24.8 Å². The Morgan fingerprint density at radius 2 is 1.77 bits per heavy atom. The summed E-state index contributed by atoms with van der Waals surface area (Å²) in [5, 5.41) is 73.5. The van der Waals surface area contributed by atoms with Crippen LogP contribution in [0.3, 0.4) is 0 Å². The van der Waals surface area contributed by atoms with Crippen molar-refractivity contribution in [2.75, 3.05) is 13.2 Å². The molecule has 0 radical (unpaired) electrons. The van der Waals surface area contributed by atoms with Gasteiger partial charge < -0.3 is 45.2 Å². The van der Waals surface area contributed by atoms with E-state index >= 15 is 0 Å². The Morgan fingerprint density at radius 3 is 2.40 bits per heavy atom. The quantitative estimate of drug-likeness (QED) is 0.256. The summed E-state index contributed by atoms with van der Waals surface area (Å²) in [5.74, 6) is -0.335. The number of ether oxygens (including phenoxy) is 2. The first-order chi connectivity index (χ1) is 16.3. The van der Waals surface area contributed by atoms with E-state index in [0.29, 0.717) is 6.42 Å². The molecule has 0 amide bonds. The van der Waals surface area contributed by atoms with Gasteiger partial charge in [-0.05, 0) is 42.4 Å². The Bertz CT molecular complexity index is 832. The van der Waals surface area contributed by atoms with Crippen molar-refractivity contribution in [2.24, 2.45) is 28.1 Å². The van der Waals surface area contributed by atoms with Gasteiger partial charge in [0, 0.05) is 11.3 Å². The average molecular weight is 499 g/mol. The van der Waals surface area contributed by atoms with Crippen LogP contribution in [0.1, 0.15) is 46.5 Å². The van der Waals surface area contributed by atoms with Crippen molar-refractivity contribution < 1.29 is 45.2 Å². The molecular weight excluding hydrogens is 456 g/mol. The minimum absolute atomic E-state index is 0.0480. The number of aliphatic hydroxyl groups excluding tert-OH is 7. The maximum absolute atomic E-state index is 11.4. The zero-order chi connectivity index (χ0) is 25.9. The molecule has 0 aromatic heterocycles. The largest absolute Gasteiger partial charge is 0.394 e. The lowest BCUT2D eigenvalue weighted by molar-refractivity contribution is -0.317. The van der Waals surface area contributed by atoms with Gasteiger partial charge in [0.1, 0.15) is 24.4 Å². The molecule has 0 bridgehead atoms. The van der Waals surface area contributed by atoms with Gasteiger partial charge in [-0.3, -0.25) is 0 Å². The van der Waals surface area contributed by atoms with Gasteiger partial charge in [0.2, 0.25) is 0 Å². The van der Waals surface area contributed by atoms with Gasteiger partial charge >= 0.3 is 0 Å². The summed E-state index contributed by atoms with van der Waals surface area (Å²) in [5.41, 5.74) is -0.525. The zero-order valence-corrected chi connectivity index (χ0v) is 20.8. The van der Waals surface area contributed by atoms with Crippen LogP contribution in [0.2, 0.25) is 0 Å². The molecule has 3 fully saturated rings. The summed E-state index contributed by atoms with van der Waals surface area (Å²) in [6.07, 6.45) is -3.49. The molecule has 0 spiro atoms. The van der Waals surface area contributed by atoms with Crippen molar-refractivity contribution >= 4 is 0 Å². The third-order valence-corrected chi connectivity index (χ3v) is 9.59. The Labute approximate surface area is 206 Å². The van der Waals surface area contributed by atoms with Crippen molar-refractivity contribution in [3.05, 3.63) is 24.3 Å². The fourth-order valence-corrected chi connectivity index (χ4v) is 7.60. The number of fused-ring (bicyclic) bond motifs is 3. The first-order valence-corrected chi connectivity index (χ1v) is 12.6. The molecule has 13 atom stereocenters. The predicted molar refractivity (Wildman–Crippen MR) is 126 cm³/mol. The molecule has 1 heterocycles. The molecule has 2 unspecified atom stereocenters. The van der Waals surface area contributed by atoms with Gasteiger partial charge in [-0.1, -0.05) is 38.5 Å². The fourth-order valence-electron chi connectivity index (χ4n) is 7.60. The van der Waals surface area contributed by atoms with E-state index in [1.807, 2.05) is 12.2 Å². The third kappa shape index (κ3) is 4.32. The van der Waals surface area contributed by atoms with Crippen LogP contribution in [-0.2, 0) is 9.47 Å². The summed E-state index contributed by atoms with van der Waals surface area (Å²) in [7, 11) is 0. The molecule has 4 aliphatic rings. The summed E-state index contributed by atoms with van der Waals surface area (Å²) < 4.78 is 11.3. The number of allylic oxidation sites excluding steroid dienone is 2. The highest BCUT2D eigenvalue weighted by molar-refractivity contribution is 5.29. The summed E-state index contributed by atoms with van der Waals surface area (Å²) in [6, 6.07) is 0. The Balaban J connectivity index is 1.63. The Hall–Kier alpha value is -0.880. The highest BCUT2D eigenvalue weighted by atomic mass is 16.7. The smallest absolute Gasteiger partial charge is 0.186 e. The van der Waals surface area contributed by atoms with Crippen LogP contribution >= 0.6 is 0 Å². The molecule has 9 nitrogen and oxygen atoms in total. The zero-order valence-electron chi connectivity index (χ0n) is 20.8. The predicted octanol–water partition coefficient (Wildman–Crippen LogP) is -0.149. The average Bonchev–Trinajstić information content (AvgIpc) is 2.80. The van der Waals surface area contributed by atoms with Crippen molar-refractivity contribution in [1.29, 1.82) is 0 Å². The van der Waals surface area contributed by atoms with Crippen molar-refractivity contribution in [3.8, 4) is 0 Å². The van der Waals surface area contributed by atoms with Crippen LogP contribution in [0, 0.1) is 28.1 Å². The van der Waals surface area contributed by atoms with Gasteiger partial charge in [0.15, 0.2) is 6.29 Å². The first kappa shape index (κ1) is 27.2. The maximum atomic E-state index is 11.4. The lowest BCUT2D eigenvalue weighted by Gasteiger charge is -2.63. The second-order valence-corrected chi connectivity index (χ2v) is 12.1. The molecule has 1 aliphatic heterocycles. The van der Waals surface area contributed by atoms with E-state index in [4.69, 9.17) is 9.47 Å². The van der Waals surface area contributed by atoms with Crippen LogP contribution in [0.25, 0.3) is 0 Å². The first-order valence-electron chi connectivity index (χ1n) is 12.6. The van der Waals surface area contributed by atoms with Gasteiger partial charge in [-0.2, -0.15) is 0 Å². The summed E-state index contributed by atoms with van der Waals surface area (Å²) >= 11 is 0. The van der Waals surface area contributed by atoms with E-state index in [-0.39, 0.29) is 17.9 Å². The SMILES string of the molecule is C=C[C@@]1(C)CCC2C(=C[C@@H](O)C3[C@]2(C)C[C@@H](O)[C@H](O)[C@]3(C)CO[C@@H]2O[C@H](CO)[C@@H](O)[C@@H](O)[C@@H]2O)C1. The Kier molecular flexibility index (Phi) is 7.34. The topological polar surface area (TPSA) is 160 Å². The minimum atomic E-state index is -1.59. The molecule has 1 saturated heterocycles. The molecule has 200 valence electrons. The normalized spacial score (nSPS) is 54.4. The van der Waals surface area contributed by atoms with Gasteiger partial charge in [-0.25, -0.2) is 0 Å². The lowest BCUT2D eigenvalue weighted by Crippen LogP contribution is -2.66. The number of rotatable bonds is 5. The van der Waals surface area contributed by atoms with E-state index in [2.05, 4.69) is 20.4 Å². The van der Waals surface area contributed by atoms with Gasteiger partial charge in [-0.15, -0.1) is 6.58 Å². The molecule has 4 rings (SSSR count). The van der Waals surface area contributed by atoms with E-state index in [1.165, 1.54) is 0 Å². The molecule has 9 heteroatoms. The summed E-state index contributed by atoms with van der Waals surface area (Å²) in [4.78, 5) is 0. The van der Waals surface area contributed by atoms with E-state index < -0.39 is 72.4 Å². The fraction of sp³-hybridized carbons (Fsp3) is 0.846. The molecule has 35 heavy (non-hydrogen) atoms. The Morgan fingerprint density at radius 1 is 1.09 bits per heavy atom. The molecule has 0 aromatic carbocycles. The van der Waals surface area contributed by atoms with Crippen molar-refractivity contribution in [1.82, 2.24) is 0 Å². The van der Waals surface area contributed by atoms with Gasteiger partial charge in [0.05, 0.1) is 31.5 Å². The van der Waals surface area contributed by atoms with E-state index in [9.17, 15) is 35.7 Å². The highest BCUT2D eigenvalue weighted by Crippen LogP contribution is 2.63.